The van der Waals surface area contributed by atoms with Gasteiger partial charge < -0.3 is 10.6 Å². The predicted octanol–water partition coefficient (Wildman–Crippen LogP) is 5.25. The van der Waals surface area contributed by atoms with Crippen LogP contribution in [0.4, 0.5) is 0 Å². The highest BCUT2D eigenvalue weighted by atomic mass is 16.2. The molecule has 6 nitrogen and oxygen atoms in total. The van der Waals surface area contributed by atoms with Gasteiger partial charge in [-0.3, -0.25) is 9.59 Å². The van der Waals surface area contributed by atoms with Gasteiger partial charge >= 0.3 is 0 Å². The molecule has 0 aliphatic carbocycles. The van der Waals surface area contributed by atoms with Gasteiger partial charge in [-0.2, -0.15) is 0 Å². The third kappa shape index (κ3) is 13.3. The monoisotopic (exact) mass is 520 g/mol. The van der Waals surface area contributed by atoms with Crippen LogP contribution in [0.1, 0.15) is 89.2 Å². The Kier molecular flexibility index (Phi) is 14.7. The Morgan fingerprint density at radius 2 is 0.868 bits per heavy atom. The van der Waals surface area contributed by atoms with Gasteiger partial charge in [0.05, 0.1) is 0 Å². The molecule has 2 rings (SSSR count). The smallest absolute Gasteiger partial charge is 0.246 e. The number of pyridine rings is 2. The number of aromatic nitrogens is 2. The van der Waals surface area contributed by atoms with Crippen LogP contribution in [0.25, 0.3) is 0 Å². The molecule has 2 aromatic rings. The number of nitrogens with zero attached hydrogens (tertiary/aromatic N) is 2. The first-order valence-corrected chi connectivity index (χ1v) is 14.2. The first kappa shape index (κ1) is 30.9. The Hall–Kier alpha value is -3.28. The zero-order valence-corrected chi connectivity index (χ0v) is 23.6. The minimum atomic E-state index is -0.0942. The van der Waals surface area contributed by atoms with E-state index in [2.05, 4.69) is 82.0 Å². The van der Waals surface area contributed by atoms with Crippen molar-refractivity contribution in [3.05, 3.63) is 84.5 Å². The van der Waals surface area contributed by atoms with E-state index in [0.29, 0.717) is 24.2 Å². The van der Waals surface area contributed by atoms with Crippen LogP contribution in [-0.4, -0.2) is 11.8 Å². The fourth-order valence-electron chi connectivity index (χ4n) is 4.18. The maximum Gasteiger partial charge on any atom is 0.246 e. The largest absolute Gasteiger partial charge is 0.348 e. The fourth-order valence-corrected chi connectivity index (χ4v) is 4.18. The lowest BCUT2D eigenvalue weighted by atomic mass is 10.1. The summed E-state index contributed by atoms with van der Waals surface area (Å²) in [6.07, 6.45) is 21.4. The highest BCUT2D eigenvalue weighted by Crippen LogP contribution is 2.11. The molecule has 0 aromatic carbocycles. The number of hydrogen-bond acceptors (Lipinski definition) is 2. The molecule has 2 amide bonds. The summed E-state index contributed by atoms with van der Waals surface area (Å²) in [5.74, 6) is -0.188. The second kappa shape index (κ2) is 18.1. The number of rotatable bonds is 19. The third-order valence-electron chi connectivity index (χ3n) is 6.68. The second-order valence-corrected chi connectivity index (χ2v) is 10.3. The van der Waals surface area contributed by atoms with E-state index in [1.807, 2.05) is 0 Å². The van der Waals surface area contributed by atoms with Gasteiger partial charge in [0.25, 0.3) is 0 Å². The predicted molar refractivity (Wildman–Crippen MR) is 153 cm³/mol. The van der Waals surface area contributed by atoms with Crippen LogP contribution in [0.15, 0.2) is 73.4 Å². The summed E-state index contributed by atoms with van der Waals surface area (Å²) in [7, 11) is 0. The van der Waals surface area contributed by atoms with Crippen molar-refractivity contribution in [1.82, 2.24) is 10.6 Å². The lowest BCUT2D eigenvalue weighted by molar-refractivity contribution is -0.697. The second-order valence-electron chi connectivity index (χ2n) is 10.3. The number of carbonyl (C=O) groups excluding carboxylic acids is 2. The first-order valence-electron chi connectivity index (χ1n) is 14.2. The molecular weight excluding hydrogens is 472 g/mol. The van der Waals surface area contributed by atoms with E-state index in [1.165, 1.54) is 64.2 Å². The molecule has 2 heterocycles. The molecule has 0 saturated carbocycles. The van der Waals surface area contributed by atoms with E-state index >= 15 is 0 Å². The number of carbonyl (C=O) groups is 2. The number of hydrogen-bond donors (Lipinski definition) is 2. The van der Waals surface area contributed by atoms with E-state index in [1.54, 1.807) is 13.8 Å². The Morgan fingerprint density at radius 1 is 0.579 bits per heavy atom. The van der Waals surface area contributed by atoms with E-state index < -0.39 is 0 Å². The Morgan fingerprint density at radius 3 is 1.16 bits per heavy atom. The first-order chi connectivity index (χ1) is 18.3. The van der Waals surface area contributed by atoms with Crippen LogP contribution in [0, 0.1) is 0 Å². The van der Waals surface area contributed by atoms with Crippen LogP contribution >= 0.6 is 0 Å². The molecule has 0 unspecified atom stereocenters. The minimum Gasteiger partial charge on any atom is -0.348 e. The van der Waals surface area contributed by atoms with Crippen molar-refractivity contribution in [2.45, 2.75) is 104 Å². The number of unbranched alkanes of at least 4 members (excludes halogenated alkanes) is 9. The highest BCUT2D eigenvalue weighted by molar-refractivity contribution is 5.92. The molecule has 2 aromatic heterocycles. The van der Waals surface area contributed by atoms with Crippen molar-refractivity contribution in [2.24, 2.45) is 0 Å². The van der Waals surface area contributed by atoms with E-state index in [9.17, 15) is 9.59 Å². The highest BCUT2D eigenvalue weighted by Gasteiger charge is 2.06. The van der Waals surface area contributed by atoms with E-state index in [4.69, 9.17) is 0 Å². The summed E-state index contributed by atoms with van der Waals surface area (Å²) in [6, 6.07) is 8.29. The zero-order chi connectivity index (χ0) is 27.6. The summed E-state index contributed by atoms with van der Waals surface area (Å²) in [5, 5.41) is 5.73. The quantitative estimate of drug-likeness (QED) is 0.151. The molecule has 0 aliphatic rings. The molecule has 0 aliphatic heterocycles. The molecule has 6 heteroatoms. The molecule has 206 valence electrons. The molecule has 0 fully saturated rings. The van der Waals surface area contributed by atoms with E-state index in [0.717, 1.165) is 24.2 Å². The lowest BCUT2D eigenvalue weighted by Crippen LogP contribution is -2.33. The van der Waals surface area contributed by atoms with Crippen molar-refractivity contribution < 1.29 is 18.7 Å². The van der Waals surface area contributed by atoms with Gasteiger partial charge in [-0.25, -0.2) is 9.13 Å². The van der Waals surface area contributed by atoms with Gasteiger partial charge in [-0.15, -0.1) is 0 Å². The summed E-state index contributed by atoms with van der Waals surface area (Å²) < 4.78 is 4.45. The molecule has 0 radical (unpaired) electrons. The molecule has 2 N–H and O–H groups in total. The fraction of sp³-hybridized carbons (Fsp3) is 0.500. The topological polar surface area (TPSA) is 66.0 Å². The number of amides is 2. The van der Waals surface area contributed by atoms with Gasteiger partial charge in [0.2, 0.25) is 11.8 Å². The standard InChI is InChI=1S/C32H46N4O2/c1-27(2)31(37)33-25-29-15-21-35(22-16-29)19-13-11-9-7-5-6-8-10-12-14-20-36-23-17-30(18-24-36)26-34-32(38)28(3)4/h15-18,21-24H,1,3,5-14,19-20,25-26H2,2,4H3/p+2. The summed E-state index contributed by atoms with van der Waals surface area (Å²) in [6.45, 7) is 13.9. The van der Waals surface area contributed by atoms with Crippen LogP contribution in [-0.2, 0) is 35.8 Å². The molecule has 38 heavy (non-hydrogen) atoms. The van der Waals surface area contributed by atoms with E-state index in [-0.39, 0.29) is 11.8 Å². The van der Waals surface area contributed by atoms with Gasteiger partial charge in [-0.1, -0.05) is 51.7 Å². The van der Waals surface area contributed by atoms with Crippen molar-refractivity contribution in [2.75, 3.05) is 0 Å². The van der Waals surface area contributed by atoms with Crippen LogP contribution < -0.4 is 19.8 Å². The van der Waals surface area contributed by atoms with Crippen molar-refractivity contribution in [3.8, 4) is 0 Å². The van der Waals surface area contributed by atoms with Crippen LogP contribution in [0.3, 0.4) is 0 Å². The van der Waals surface area contributed by atoms with Crippen molar-refractivity contribution >= 4 is 11.8 Å². The van der Waals surface area contributed by atoms with Crippen LogP contribution in [0.2, 0.25) is 0 Å². The molecule has 0 spiro atoms. The number of aryl methyl sites for hydroxylation is 2. The summed E-state index contributed by atoms with van der Waals surface area (Å²) in [5.41, 5.74) is 3.28. The number of nitrogens with one attached hydrogen (secondary N) is 2. The van der Waals surface area contributed by atoms with Crippen LogP contribution in [0.5, 0.6) is 0 Å². The maximum absolute atomic E-state index is 11.6. The Bertz CT molecular complexity index is 929. The molecule has 0 atom stereocenters. The lowest BCUT2D eigenvalue weighted by Gasteiger charge is -2.05. The SMILES string of the molecule is C=C(C)C(=O)NCc1cc[n+](CCCCCCCCCCCC[n+]2ccc(CNC(=O)C(=C)C)cc2)cc1. The maximum atomic E-state index is 11.6. The summed E-state index contributed by atoms with van der Waals surface area (Å²) in [4.78, 5) is 23.2. The van der Waals surface area contributed by atoms with Gasteiger partial charge in [0.15, 0.2) is 24.8 Å². The normalized spacial score (nSPS) is 10.7. The molecule has 0 saturated heterocycles. The molecular formula is C32H48N4O2+2. The average Bonchev–Trinajstić information content (AvgIpc) is 2.92. The Labute approximate surface area is 229 Å². The van der Waals surface area contributed by atoms with Crippen molar-refractivity contribution in [1.29, 1.82) is 0 Å². The Balaban J connectivity index is 1.41. The third-order valence-corrected chi connectivity index (χ3v) is 6.68. The van der Waals surface area contributed by atoms with Gasteiger partial charge in [0, 0.05) is 61.3 Å². The van der Waals surface area contributed by atoms with Crippen molar-refractivity contribution in [3.63, 3.8) is 0 Å². The molecule has 0 bridgehead atoms. The van der Waals surface area contributed by atoms with Gasteiger partial charge in [-0.05, 0) is 37.8 Å². The zero-order valence-electron chi connectivity index (χ0n) is 23.6. The summed E-state index contributed by atoms with van der Waals surface area (Å²) >= 11 is 0. The average molecular weight is 521 g/mol. The minimum absolute atomic E-state index is 0.0942. The van der Waals surface area contributed by atoms with Gasteiger partial charge in [0.1, 0.15) is 13.1 Å².